The topological polar surface area (TPSA) is 93.5 Å². The average Bonchev–Trinajstić information content (AvgIpc) is 3.27. The number of esters is 1. The maximum absolute atomic E-state index is 13.9. The van der Waals surface area contributed by atoms with E-state index in [-0.39, 0.29) is 48.9 Å². The molecule has 8 heteroatoms. The van der Waals surface area contributed by atoms with Crippen molar-refractivity contribution in [2.75, 3.05) is 6.61 Å². The van der Waals surface area contributed by atoms with Gasteiger partial charge >= 0.3 is 5.97 Å². The molecule has 1 aromatic heterocycles. The summed E-state index contributed by atoms with van der Waals surface area (Å²) in [6.45, 7) is 10.4. The van der Waals surface area contributed by atoms with Crippen LogP contribution in [0.25, 0.3) is 0 Å². The summed E-state index contributed by atoms with van der Waals surface area (Å²) in [5.74, 6) is -1.11. The molecule has 0 saturated heterocycles. The number of carbonyl (C=O) groups excluding carboxylic acids is 3. The van der Waals surface area contributed by atoms with E-state index >= 15 is 0 Å². The average molecular weight is 497 g/mol. The van der Waals surface area contributed by atoms with E-state index in [4.69, 9.17) is 4.74 Å². The quantitative estimate of drug-likeness (QED) is 0.341. The van der Waals surface area contributed by atoms with Gasteiger partial charge in [0.25, 0.3) is 5.91 Å². The van der Waals surface area contributed by atoms with E-state index in [0.29, 0.717) is 0 Å². The number of aryl methyl sites for hydroxylation is 1. The third kappa shape index (κ3) is 5.97. The van der Waals surface area contributed by atoms with Gasteiger partial charge in [0.15, 0.2) is 5.69 Å². The standard InChI is InChI=1S/C28H40N4O4/c1-6-9-10-16-22(13-7-2)29-27(35)28(5)19-32-24(17-23(30-32)26(34)36-8-3)25(33)31(28)18-21-15-12-11-14-20(21)4/h11-12,14-15,17,22H,6-10,13,16,18-19H2,1-5H3,(H,29,35). The molecule has 36 heavy (non-hydrogen) atoms. The van der Waals surface area contributed by atoms with Crippen LogP contribution in [0.4, 0.5) is 0 Å². The first kappa shape index (κ1) is 27.4. The van der Waals surface area contributed by atoms with Gasteiger partial charge in [-0.2, -0.15) is 5.10 Å². The molecule has 0 aliphatic carbocycles. The highest BCUT2D eigenvalue weighted by molar-refractivity contribution is 6.01. The Morgan fingerprint density at radius 1 is 1.14 bits per heavy atom. The Labute approximate surface area is 214 Å². The maximum atomic E-state index is 13.9. The first-order valence-electron chi connectivity index (χ1n) is 13.2. The molecule has 1 N–H and O–H groups in total. The largest absolute Gasteiger partial charge is 0.461 e. The van der Waals surface area contributed by atoms with Crippen molar-refractivity contribution in [3.05, 3.63) is 52.8 Å². The summed E-state index contributed by atoms with van der Waals surface area (Å²) in [6.07, 6.45) is 6.06. The summed E-state index contributed by atoms with van der Waals surface area (Å²) in [5, 5.41) is 7.60. The minimum absolute atomic E-state index is 0.0513. The molecule has 1 aliphatic heterocycles. The lowest BCUT2D eigenvalue weighted by atomic mass is 9.92. The van der Waals surface area contributed by atoms with Crippen LogP contribution in [-0.4, -0.2) is 50.7 Å². The zero-order valence-corrected chi connectivity index (χ0v) is 22.3. The molecule has 0 fully saturated rings. The number of amides is 2. The molecule has 2 unspecified atom stereocenters. The van der Waals surface area contributed by atoms with E-state index in [1.54, 1.807) is 18.7 Å². The van der Waals surface area contributed by atoms with E-state index < -0.39 is 11.5 Å². The van der Waals surface area contributed by atoms with Crippen molar-refractivity contribution in [3.63, 3.8) is 0 Å². The normalized spacial score (nSPS) is 18.0. The number of unbranched alkanes of at least 4 members (excludes halogenated alkanes) is 2. The molecule has 2 amide bonds. The van der Waals surface area contributed by atoms with Crippen molar-refractivity contribution < 1.29 is 19.1 Å². The van der Waals surface area contributed by atoms with Gasteiger partial charge in [-0.1, -0.05) is 63.8 Å². The molecular weight excluding hydrogens is 456 g/mol. The molecule has 1 aliphatic rings. The second-order valence-corrected chi connectivity index (χ2v) is 9.84. The Bertz CT molecular complexity index is 1080. The van der Waals surface area contributed by atoms with Crippen LogP contribution in [0, 0.1) is 6.92 Å². The van der Waals surface area contributed by atoms with Crippen molar-refractivity contribution >= 4 is 17.8 Å². The van der Waals surface area contributed by atoms with Gasteiger partial charge in [-0.25, -0.2) is 4.79 Å². The molecule has 8 nitrogen and oxygen atoms in total. The lowest BCUT2D eigenvalue weighted by Gasteiger charge is -2.44. The van der Waals surface area contributed by atoms with Gasteiger partial charge in [-0.3, -0.25) is 14.3 Å². The Kier molecular flexibility index (Phi) is 9.29. The van der Waals surface area contributed by atoms with Crippen molar-refractivity contribution in [3.8, 4) is 0 Å². The summed E-state index contributed by atoms with van der Waals surface area (Å²) in [5.41, 5.74) is 1.19. The minimum atomic E-state index is -1.18. The highest BCUT2D eigenvalue weighted by Gasteiger charge is 2.48. The fourth-order valence-electron chi connectivity index (χ4n) is 4.77. The molecule has 196 valence electrons. The first-order valence-corrected chi connectivity index (χ1v) is 13.2. The van der Waals surface area contributed by atoms with Crippen LogP contribution in [0.15, 0.2) is 30.3 Å². The van der Waals surface area contributed by atoms with Crippen molar-refractivity contribution in [2.45, 2.75) is 97.8 Å². The smallest absolute Gasteiger partial charge is 0.358 e. The molecule has 0 bridgehead atoms. The number of nitrogens with one attached hydrogen (secondary N) is 1. The van der Waals surface area contributed by atoms with Crippen molar-refractivity contribution in [1.29, 1.82) is 0 Å². The molecule has 2 aromatic rings. The number of ether oxygens (including phenoxy) is 1. The Morgan fingerprint density at radius 2 is 1.89 bits per heavy atom. The van der Waals surface area contributed by atoms with Gasteiger partial charge in [0.1, 0.15) is 11.2 Å². The lowest BCUT2D eigenvalue weighted by Crippen LogP contribution is -2.64. The predicted octanol–water partition coefficient (Wildman–Crippen LogP) is 4.65. The number of carbonyl (C=O) groups is 3. The number of nitrogens with zero attached hydrogens (tertiary/aromatic N) is 3. The highest BCUT2D eigenvalue weighted by Crippen LogP contribution is 2.30. The second-order valence-electron chi connectivity index (χ2n) is 9.84. The molecule has 1 aromatic carbocycles. The molecule has 0 radical (unpaired) electrons. The summed E-state index contributed by atoms with van der Waals surface area (Å²) >= 11 is 0. The minimum Gasteiger partial charge on any atom is -0.461 e. The molecular formula is C28H40N4O4. The van der Waals surface area contributed by atoms with Gasteiger partial charge in [0.05, 0.1) is 13.2 Å². The summed E-state index contributed by atoms with van der Waals surface area (Å²) < 4.78 is 6.57. The van der Waals surface area contributed by atoms with Crippen LogP contribution in [0.2, 0.25) is 0 Å². The van der Waals surface area contributed by atoms with E-state index in [9.17, 15) is 14.4 Å². The molecule has 2 atom stereocenters. The number of benzene rings is 1. The van der Waals surface area contributed by atoms with Gasteiger partial charge < -0.3 is 15.0 Å². The summed E-state index contributed by atoms with van der Waals surface area (Å²) in [4.78, 5) is 41.6. The van der Waals surface area contributed by atoms with Gasteiger partial charge in [-0.15, -0.1) is 0 Å². The number of rotatable bonds is 12. The molecule has 3 rings (SSSR count). The number of aromatic nitrogens is 2. The van der Waals surface area contributed by atoms with Crippen LogP contribution in [0.3, 0.4) is 0 Å². The molecule has 0 saturated carbocycles. The zero-order valence-electron chi connectivity index (χ0n) is 22.3. The van der Waals surface area contributed by atoms with Crippen LogP contribution >= 0.6 is 0 Å². The zero-order chi connectivity index (χ0) is 26.3. The number of hydrogen-bond donors (Lipinski definition) is 1. The van der Waals surface area contributed by atoms with Crippen LogP contribution in [-0.2, 0) is 22.6 Å². The van der Waals surface area contributed by atoms with Gasteiger partial charge in [0, 0.05) is 18.7 Å². The highest BCUT2D eigenvalue weighted by atomic mass is 16.5. The number of hydrogen-bond acceptors (Lipinski definition) is 5. The summed E-state index contributed by atoms with van der Waals surface area (Å²) in [6, 6.07) is 9.37. The van der Waals surface area contributed by atoms with Crippen LogP contribution in [0.1, 0.15) is 98.3 Å². The van der Waals surface area contributed by atoms with E-state index in [1.165, 1.54) is 10.7 Å². The third-order valence-corrected chi connectivity index (χ3v) is 6.99. The lowest BCUT2D eigenvalue weighted by molar-refractivity contribution is -0.134. The van der Waals surface area contributed by atoms with Crippen molar-refractivity contribution in [2.24, 2.45) is 0 Å². The molecule has 2 heterocycles. The first-order chi connectivity index (χ1) is 17.2. The second kappa shape index (κ2) is 12.2. The van der Waals surface area contributed by atoms with E-state index in [2.05, 4.69) is 24.3 Å². The molecule has 0 spiro atoms. The van der Waals surface area contributed by atoms with Crippen LogP contribution in [0.5, 0.6) is 0 Å². The van der Waals surface area contributed by atoms with Crippen molar-refractivity contribution in [1.82, 2.24) is 20.0 Å². The fourth-order valence-corrected chi connectivity index (χ4v) is 4.77. The maximum Gasteiger partial charge on any atom is 0.358 e. The SMILES string of the molecule is CCCCCC(CCC)NC(=O)C1(C)Cn2nc(C(=O)OCC)cc2C(=O)N1Cc1ccccc1C. The van der Waals surface area contributed by atoms with E-state index in [1.807, 2.05) is 31.2 Å². The van der Waals surface area contributed by atoms with E-state index in [0.717, 1.165) is 49.7 Å². The Hall–Kier alpha value is -3.16. The monoisotopic (exact) mass is 496 g/mol. The number of fused-ring (bicyclic) bond motifs is 1. The fraction of sp³-hybridized carbons (Fsp3) is 0.571. The van der Waals surface area contributed by atoms with Gasteiger partial charge in [-0.05, 0) is 44.7 Å². The van der Waals surface area contributed by atoms with Gasteiger partial charge in [0.2, 0.25) is 5.91 Å². The van der Waals surface area contributed by atoms with Crippen LogP contribution < -0.4 is 5.32 Å². The Balaban J connectivity index is 1.97. The summed E-state index contributed by atoms with van der Waals surface area (Å²) in [7, 11) is 0. The predicted molar refractivity (Wildman–Crippen MR) is 139 cm³/mol. The Morgan fingerprint density at radius 3 is 2.56 bits per heavy atom. The third-order valence-electron chi connectivity index (χ3n) is 6.99.